The van der Waals surface area contributed by atoms with E-state index in [0.29, 0.717) is 6.54 Å². The smallest absolute Gasteiger partial charge is 0.321 e. The molecule has 21 heavy (non-hydrogen) atoms. The van der Waals surface area contributed by atoms with Crippen molar-refractivity contribution >= 4 is 11.7 Å². The Morgan fingerprint density at radius 3 is 2.38 bits per heavy atom. The molecule has 0 heterocycles. The Morgan fingerprint density at radius 1 is 1.14 bits per heavy atom. The third kappa shape index (κ3) is 3.81. The highest BCUT2D eigenvalue weighted by Crippen LogP contribution is 2.20. The SMILES string of the molecule is Cc1cccc(C)c1NC(=O)N(C)Cc1cccc(F)c1. The molecule has 0 aliphatic carbocycles. The Labute approximate surface area is 124 Å². The van der Waals surface area contributed by atoms with Crippen LogP contribution in [0.25, 0.3) is 0 Å². The summed E-state index contributed by atoms with van der Waals surface area (Å²) in [5, 5.41) is 2.91. The third-order valence-electron chi connectivity index (χ3n) is 3.37. The molecule has 0 saturated heterocycles. The van der Waals surface area contributed by atoms with Crippen LogP contribution in [0, 0.1) is 19.7 Å². The fourth-order valence-electron chi connectivity index (χ4n) is 2.19. The lowest BCUT2D eigenvalue weighted by Crippen LogP contribution is -2.31. The van der Waals surface area contributed by atoms with Crippen molar-refractivity contribution in [3.8, 4) is 0 Å². The summed E-state index contributed by atoms with van der Waals surface area (Å²) in [5.41, 5.74) is 3.62. The van der Waals surface area contributed by atoms with Gasteiger partial charge in [0.1, 0.15) is 5.82 Å². The van der Waals surface area contributed by atoms with Crippen molar-refractivity contribution in [1.29, 1.82) is 0 Å². The number of nitrogens with one attached hydrogen (secondary N) is 1. The first-order chi connectivity index (χ1) is 9.97. The molecule has 2 amide bonds. The van der Waals surface area contributed by atoms with E-state index >= 15 is 0 Å². The van der Waals surface area contributed by atoms with Crippen molar-refractivity contribution < 1.29 is 9.18 Å². The molecule has 2 rings (SSSR count). The number of carbonyl (C=O) groups is 1. The maximum Gasteiger partial charge on any atom is 0.321 e. The van der Waals surface area contributed by atoms with Crippen LogP contribution in [0.3, 0.4) is 0 Å². The average Bonchev–Trinajstić information content (AvgIpc) is 2.43. The number of benzene rings is 2. The number of hydrogen-bond donors (Lipinski definition) is 1. The number of aryl methyl sites for hydroxylation is 2. The fraction of sp³-hybridized carbons (Fsp3) is 0.235. The summed E-state index contributed by atoms with van der Waals surface area (Å²) in [6.07, 6.45) is 0. The zero-order chi connectivity index (χ0) is 15.4. The van der Waals surface area contributed by atoms with E-state index in [0.717, 1.165) is 22.4 Å². The highest BCUT2D eigenvalue weighted by molar-refractivity contribution is 5.90. The van der Waals surface area contributed by atoms with Gasteiger partial charge in [0.15, 0.2) is 0 Å². The molecule has 0 atom stereocenters. The fourth-order valence-corrected chi connectivity index (χ4v) is 2.19. The van der Waals surface area contributed by atoms with Gasteiger partial charge in [-0.2, -0.15) is 0 Å². The number of carbonyl (C=O) groups excluding carboxylic acids is 1. The van der Waals surface area contributed by atoms with Gasteiger partial charge in [0.2, 0.25) is 0 Å². The van der Waals surface area contributed by atoms with Crippen LogP contribution in [-0.4, -0.2) is 18.0 Å². The lowest BCUT2D eigenvalue weighted by Gasteiger charge is -2.20. The minimum atomic E-state index is -0.295. The Hall–Kier alpha value is -2.36. The lowest BCUT2D eigenvalue weighted by atomic mass is 10.1. The van der Waals surface area contributed by atoms with Gasteiger partial charge in [0, 0.05) is 19.3 Å². The molecular weight excluding hydrogens is 267 g/mol. The maximum absolute atomic E-state index is 13.2. The van der Waals surface area contributed by atoms with E-state index in [1.807, 2.05) is 32.0 Å². The first kappa shape index (κ1) is 15.0. The third-order valence-corrected chi connectivity index (χ3v) is 3.37. The van der Waals surface area contributed by atoms with Crippen LogP contribution >= 0.6 is 0 Å². The number of amides is 2. The molecule has 0 unspecified atom stereocenters. The zero-order valence-corrected chi connectivity index (χ0v) is 12.5. The largest absolute Gasteiger partial charge is 0.323 e. The quantitative estimate of drug-likeness (QED) is 0.905. The average molecular weight is 286 g/mol. The molecule has 110 valence electrons. The van der Waals surface area contributed by atoms with Crippen LogP contribution in [0.2, 0.25) is 0 Å². The number of rotatable bonds is 3. The summed E-state index contributed by atoms with van der Waals surface area (Å²) in [6.45, 7) is 4.26. The molecule has 0 saturated carbocycles. The number of anilines is 1. The molecular formula is C17H19FN2O. The molecule has 0 aliphatic heterocycles. The van der Waals surface area contributed by atoms with Gasteiger partial charge < -0.3 is 10.2 Å². The molecule has 2 aromatic carbocycles. The summed E-state index contributed by atoms with van der Waals surface area (Å²) < 4.78 is 13.2. The van der Waals surface area contributed by atoms with E-state index in [-0.39, 0.29) is 11.8 Å². The van der Waals surface area contributed by atoms with Gasteiger partial charge in [-0.25, -0.2) is 9.18 Å². The van der Waals surface area contributed by atoms with Crippen molar-refractivity contribution in [3.05, 3.63) is 65.0 Å². The topological polar surface area (TPSA) is 32.3 Å². The second-order valence-electron chi connectivity index (χ2n) is 5.18. The van der Waals surface area contributed by atoms with Crippen LogP contribution < -0.4 is 5.32 Å². The monoisotopic (exact) mass is 286 g/mol. The van der Waals surface area contributed by atoms with Crippen LogP contribution in [0.15, 0.2) is 42.5 Å². The van der Waals surface area contributed by atoms with Gasteiger partial charge in [0.25, 0.3) is 0 Å². The van der Waals surface area contributed by atoms with Gasteiger partial charge in [-0.15, -0.1) is 0 Å². The molecule has 0 spiro atoms. The van der Waals surface area contributed by atoms with E-state index in [9.17, 15) is 9.18 Å². The number of halogens is 1. The molecule has 4 heteroatoms. The predicted octanol–water partition coefficient (Wildman–Crippen LogP) is 4.11. The maximum atomic E-state index is 13.2. The minimum Gasteiger partial charge on any atom is -0.323 e. The van der Waals surface area contributed by atoms with Crippen molar-refractivity contribution in [2.45, 2.75) is 20.4 Å². The summed E-state index contributed by atoms with van der Waals surface area (Å²) in [6, 6.07) is 11.9. The normalized spacial score (nSPS) is 10.3. The molecule has 0 bridgehead atoms. The number of hydrogen-bond acceptors (Lipinski definition) is 1. The van der Waals surface area contributed by atoms with E-state index in [4.69, 9.17) is 0 Å². The summed E-state index contributed by atoms with van der Waals surface area (Å²) in [5.74, 6) is -0.295. The Kier molecular flexibility index (Phi) is 4.58. The predicted molar refractivity (Wildman–Crippen MR) is 82.8 cm³/mol. The van der Waals surface area contributed by atoms with Crippen molar-refractivity contribution in [1.82, 2.24) is 4.90 Å². The molecule has 0 radical (unpaired) electrons. The number of para-hydroxylation sites is 1. The van der Waals surface area contributed by atoms with Crippen molar-refractivity contribution in [2.24, 2.45) is 0 Å². The highest BCUT2D eigenvalue weighted by atomic mass is 19.1. The molecule has 3 nitrogen and oxygen atoms in total. The van der Waals surface area contributed by atoms with Crippen molar-refractivity contribution in [2.75, 3.05) is 12.4 Å². The lowest BCUT2D eigenvalue weighted by molar-refractivity contribution is 0.220. The second-order valence-corrected chi connectivity index (χ2v) is 5.18. The van der Waals surface area contributed by atoms with Crippen LogP contribution in [0.4, 0.5) is 14.9 Å². The van der Waals surface area contributed by atoms with Gasteiger partial charge in [0.05, 0.1) is 0 Å². The van der Waals surface area contributed by atoms with Gasteiger partial charge in [-0.3, -0.25) is 0 Å². The van der Waals surface area contributed by atoms with Gasteiger partial charge >= 0.3 is 6.03 Å². The standard InChI is InChI=1S/C17H19FN2O/c1-12-6-4-7-13(2)16(12)19-17(21)20(3)11-14-8-5-9-15(18)10-14/h4-10H,11H2,1-3H3,(H,19,21). The number of urea groups is 1. The molecule has 2 aromatic rings. The highest BCUT2D eigenvalue weighted by Gasteiger charge is 2.12. The summed E-state index contributed by atoms with van der Waals surface area (Å²) in [4.78, 5) is 13.8. The van der Waals surface area contributed by atoms with Crippen LogP contribution in [-0.2, 0) is 6.54 Å². The van der Waals surface area contributed by atoms with Gasteiger partial charge in [-0.05, 0) is 42.7 Å². The molecule has 0 aromatic heterocycles. The molecule has 0 fully saturated rings. The minimum absolute atomic E-state index is 0.211. The summed E-state index contributed by atoms with van der Waals surface area (Å²) >= 11 is 0. The van der Waals surface area contributed by atoms with Crippen LogP contribution in [0.1, 0.15) is 16.7 Å². The number of nitrogens with zero attached hydrogens (tertiary/aromatic N) is 1. The molecule has 0 aliphatic rings. The Balaban J connectivity index is 2.06. The van der Waals surface area contributed by atoms with Crippen molar-refractivity contribution in [3.63, 3.8) is 0 Å². The van der Waals surface area contributed by atoms with E-state index in [1.54, 1.807) is 19.2 Å². The van der Waals surface area contributed by atoms with Crippen LogP contribution in [0.5, 0.6) is 0 Å². The zero-order valence-electron chi connectivity index (χ0n) is 12.5. The van der Waals surface area contributed by atoms with E-state index in [1.165, 1.54) is 17.0 Å². The molecule has 1 N–H and O–H groups in total. The van der Waals surface area contributed by atoms with Gasteiger partial charge in [-0.1, -0.05) is 30.3 Å². The summed E-state index contributed by atoms with van der Waals surface area (Å²) in [7, 11) is 1.69. The first-order valence-corrected chi connectivity index (χ1v) is 6.80. The Bertz CT molecular complexity index is 635. The Morgan fingerprint density at radius 2 is 1.76 bits per heavy atom. The van der Waals surface area contributed by atoms with E-state index in [2.05, 4.69) is 5.32 Å². The first-order valence-electron chi connectivity index (χ1n) is 6.80. The second kappa shape index (κ2) is 6.39. The van der Waals surface area contributed by atoms with E-state index < -0.39 is 0 Å².